The minimum atomic E-state index is -0.270. The molecule has 2 heterocycles. The maximum Gasteiger partial charge on any atom is 0.251 e. The number of carbonyl (C=O) groups is 2. The number of imidazole rings is 1. The normalized spacial score (nSPS) is 19.4. The van der Waals surface area contributed by atoms with Crippen molar-refractivity contribution in [3.63, 3.8) is 0 Å². The lowest BCUT2D eigenvalue weighted by atomic mass is 10.0. The Morgan fingerprint density at radius 2 is 1.69 bits per heavy atom. The van der Waals surface area contributed by atoms with E-state index >= 15 is 0 Å². The average molecular weight is 542 g/mol. The number of nitrogens with one attached hydrogen (secondary N) is 2. The van der Waals surface area contributed by atoms with E-state index in [1.54, 1.807) is 6.07 Å². The van der Waals surface area contributed by atoms with E-state index in [0.29, 0.717) is 10.6 Å². The first-order chi connectivity index (χ1) is 19.0. The molecule has 0 unspecified atom stereocenters. The van der Waals surface area contributed by atoms with Crippen molar-refractivity contribution >= 4 is 39.9 Å². The first kappa shape index (κ1) is 25.6. The fourth-order valence-corrected chi connectivity index (χ4v) is 6.00. The molecule has 0 radical (unpaired) electrons. The number of hydrogen-bond donors (Lipinski definition) is 2. The molecule has 1 saturated heterocycles. The van der Waals surface area contributed by atoms with Gasteiger partial charge >= 0.3 is 0 Å². The smallest absolute Gasteiger partial charge is 0.251 e. The van der Waals surface area contributed by atoms with E-state index in [-0.39, 0.29) is 23.8 Å². The van der Waals surface area contributed by atoms with Crippen LogP contribution in [0.4, 0.5) is 5.69 Å². The zero-order chi connectivity index (χ0) is 26.8. The first-order valence-corrected chi connectivity index (χ1v) is 14.1. The van der Waals surface area contributed by atoms with Crippen LogP contribution in [0.3, 0.4) is 0 Å². The summed E-state index contributed by atoms with van der Waals surface area (Å²) >= 11 is 6.08. The highest BCUT2D eigenvalue weighted by Crippen LogP contribution is 2.28. The summed E-state index contributed by atoms with van der Waals surface area (Å²) < 4.78 is 2.10. The van der Waals surface area contributed by atoms with Crippen LogP contribution in [0, 0.1) is 5.92 Å². The van der Waals surface area contributed by atoms with Crippen LogP contribution in [0.5, 0.6) is 0 Å². The van der Waals surface area contributed by atoms with Gasteiger partial charge in [-0.05, 0) is 98.1 Å². The molecular weight excluding hydrogens is 510 g/mol. The number of carbonyl (C=O) groups excluding carboxylic acids is 2. The van der Waals surface area contributed by atoms with Crippen molar-refractivity contribution in [2.45, 2.75) is 44.7 Å². The van der Waals surface area contributed by atoms with E-state index in [2.05, 4.69) is 25.1 Å². The van der Waals surface area contributed by atoms with Crippen molar-refractivity contribution in [1.82, 2.24) is 19.8 Å². The molecule has 200 valence electrons. The predicted octanol–water partition coefficient (Wildman–Crippen LogP) is 5.81. The molecule has 6 rings (SSSR count). The number of amides is 2. The molecule has 2 amide bonds. The third kappa shape index (κ3) is 5.70. The van der Waals surface area contributed by atoms with Crippen LogP contribution in [-0.2, 0) is 11.3 Å². The van der Waals surface area contributed by atoms with Crippen LogP contribution in [0.25, 0.3) is 16.5 Å². The van der Waals surface area contributed by atoms with Gasteiger partial charge in [-0.1, -0.05) is 30.2 Å². The Balaban J connectivity index is 1.09. The monoisotopic (exact) mass is 541 g/mol. The zero-order valence-corrected chi connectivity index (χ0v) is 22.5. The van der Waals surface area contributed by atoms with Crippen LogP contribution in [-0.4, -0.2) is 45.4 Å². The third-order valence-corrected chi connectivity index (χ3v) is 8.16. The van der Waals surface area contributed by atoms with Gasteiger partial charge in [0.2, 0.25) is 5.91 Å². The number of benzene rings is 3. The fourth-order valence-electron chi connectivity index (χ4n) is 5.82. The summed E-state index contributed by atoms with van der Waals surface area (Å²) in [7, 11) is 0. The number of rotatable bonds is 7. The molecule has 0 bridgehead atoms. The van der Waals surface area contributed by atoms with Crippen molar-refractivity contribution in [2.24, 2.45) is 5.92 Å². The predicted molar refractivity (Wildman–Crippen MR) is 154 cm³/mol. The molecule has 7 nitrogen and oxygen atoms in total. The minimum Gasteiger partial charge on any atom is -0.349 e. The van der Waals surface area contributed by atoms with Crippen molar-refractivity contribution < 1.29 is 9.59 Å². The summed E-state index contributed by atoms with van der Waals surface area (Å²) in [5, 5.41) is 8.78. The van der Waals surface area contributed by atoms with Gasteiger partial charge in [0.1, 0.15) is 5.82 Å². The quantitative estimate of drug-likeness (QED) is 0.309. The molecule has 2 fully saturated rings. The molecule has 2 N–H and O–H groups in total. The molecule has 2 aliphatic rings. The molecule has 1 aliphatic heterocycles. The van der Waals surface area contributed by atoms with Crippen LogP contribution >= 0.6 is 11.6 Å². The Hall–Kier alpha value is -3.68. The number of likely N-dealkylation sites (tertiary alicyclic amines) is 1. The molecule has 39 heavy (non-hydrogen) atoms. The van der Waals surface area contributed by atoms with E-state index in [1.807, 2.05) is 67.0 Å². The van der Waals surface area contributed by atoms with Crippen molar-refractivity contribution in [1.29, 1.82) is 0 Å². The van der Waals surface area contributed by atoms with E-state index in [9.17, 15) is 9.59 Å². The third-order valence-electron chi connectivity index (χ3n) is 7.93. The summed E-state index contributed by atoms with van der Waals surface area (Å²) in [5.41, 5.74) is 2.34. The van der Waals surface area contributed by atoms with Crippen LogP contribution < -0.4 is 10.6 Å². The number of fused-ring (bicyclic) bond motifs is 1. The summed E-state index contributed by atoms with van der Waals surface area (Å²) in [6.45, 7) is 3.09. The Morgan fingerprint density at radius 1 is 0.923 bits per heavy atom. The number of hydrogen-bond acceptors (Lipinski definition) is 4. The molecule has 0 spiro atoms. The van der Waals surface area contributed by atoms with Crippen molar-refractivity contribution in [3.05, 3.63) is 89.5 Å². The minimum absolute atomic E-state index is 0.0592. The van der Waals surface area contributed by atoms with Gasteiger partial charge in [-0.25, -0.2) is 4.98 Å². The van der Waals surface area contributed by atoms with Gasteiger partial charge in [0.05, 0.1) is 12.5 Å². The van der Waals surface area contributed by atoms with E-state index in [1.165, 1.54) is 12.8 Å². The van der Waals surface area contributed by atoms with E-state index in [4.69, 9.17) is 11.6 Å². The maximum atomic E-state index is 13.2. The highest BCUT2D eigenvalue weighted by atomic mass is 35.5. The Kier molecular flexibility index (Phi) is 7.35. The lowest BCUT2D eigenvalue weighted by molar-refractivity contribution is -0.120. The Labute approximate surface area is 233 Å². The standard InChI is InChI=1S/C31H32ClN5O2/c32-24-9-8-21-18-23(7-6-22(21)19-24)30(38)35-28-5-3-4-27(28)31(39)34-25-10-12-26(13-11-25)37-17-14-33-29(37)20-36-15-1-2-16-36/h6-14,17-19,27-28H,1-5,15-16,20H2,(H,34,39)(H,35,38)/t27-,28+/m0/s1. The SMILES string of the molecule is O=C(N[C@@H]1CCC[C@@H]1C(=O)Nc1ccc(-n2ccnc2CN2CCCC2)cc1)c1ccc2cc(Cl)ccc2c1. The second-order valence-electron chi connectivity index (χ2n) is 10.6. The lowest BCUT2D eigenvalue weighted by Gasteiger charge is -2.21. The lowest BCUT2D eigenvalue weighted by Crippen LogP contribution is -2.41. The van der Waals surface area contributed by atoms with Gasteiger partial charge in [-0.15, -0.1) is 0 Å². The molecule has 1 aromatic heterocycles. The molecule has 3 aromatic carbocycles. The van der Waals surface area contributed by atoms with E-state index in [0.717, 1.165) is 66.9 Å². The topological polar surface area (TPSA) is 79.3 Å². The summed E-state index contributed by atoms with van der Waals surface area (Å²) in [4.78, 5) is 33.3. The number of nitrogens with zero attached hydrogens (tertiary/aromatic N) is 3. The molecule has 1 saturated carbocycles. The first-order valence-electron chi connectivity index (χ1n) is 13.7. The average Bonchev–Trinajstić information content (AvgIpc) is 3.72. The van der Waals surface area contributed by atoms with Gasteiger partial charge in [0.25, 0.3) is 5.91 Å². The zero-order valence-electron chi connectivity index (χ0n) is 21.8. The van der Waals surface area contributed by atoms with Crippen LogP contribution in [0.15, 0.2) is 73.1 Å². The highest BCUT2D eigenvalue weighted by Gasteiger charge is 2.34. The number of anilines is 1. The highest BCUT2D eigenvalue weighted by molar-refractivity contribution is 6.31. The molecule has 4 aromatic rings. The van der Waals surface area contributed by atoms with Gasteiger partial charge in [-0.3, -0.25) is 14.5 Å². The largest absolute Gasteiger partial charge is 0.349 e. The second-order valence-corrected chi connectivity index (χ2v) is 11.0. The van der Waals surface area contributed by atoms with Crippen molar-refractivity contribution in [2.75, 3.05) is 18.4 Å². The van der Waals surface area contributed by atoms with Gasteiger partial charge in [0, 0.05) is 40.4 Å². The summed E-state index contributed by atoms with van der Waals surface area (Å²) in [6.07, 6.45) is 8.75. The second kappa shape index (κ2) is 11.2. The van der Waals surface area contributed by atoms with Gasteiger partial charge < -0.3 is 15.2 Å². The molecular formula is C31H32ClN5O2. The Morgan fingerprint density at radius 3 is 2.51 bits per heavy atom. The molecule has 1 aliphatic carbocycles. The fraction of sp³-hybridized carbons (Fsp3) is 0.323. The van der Waals surface area contributed by atoms with Gasteiger partial charge in [0.15, 0.2) is 0 Å². The Bertz CT molecular complexity index is 1490. The summed E-state index contributed by atoms with van der Waals surface area (Å²) in [6, 6.07) is 18.8. The van der Waals surface area contributed by atoms with E-state index < -0.39 is 0 Å². The van der Waals surface area contributed by atoms with Crippen LogP contribution in [0.2, 0.25) is 5.02 Å². The van der Waals surface area contributed by atoms with Crippen molar-refractivity contribution in [3.8, 4) is 5.69 Å². The number of halogens is 1. The molecule has 8 heteroatoms. The summed E-state index contributed by atoms with van der Waals surface area (Å²) in [5.74, 6) is 0.532. The van der Waals surface area contributed by atoms with Gasteiger partial charge in [-0.2, -0.15) is 0 Å². The van der Waals surface area contributed by atoms with Crippen LogP contribution in [0.1, 0.15) is 48.3 Å². The molecule has 2 atom stereocenters. The number of aromatic nitrogens is 2. The maximum absolute atomic E-state index is 13.2.